The molecule has 2 N–H and O–H groups in total. The Morgan fingerprint density at radius 2 is 1.70 bits per heavy atom. The maximum atomic E-state index is 13.4. The highest BCUT2D eigenvalue weighted by atomic mass is 19.1. The molecule has 0 amide bonds. The molecule has 2 fully saturated rings. The van der Waals surface area contributed by atoms with Gasteiger partial charge in [0.1, 0.15) is 23.6 Å². The Labute approximate surface area is 192 Å². The molecule has 1 saturated carbocycles. The van der Waals surface area contributed by atoms with Crippen molar-refractivity contribution >= 4 is 27.8 Å². The fourth-order valence-corrected chi connectivity index (χ4v) is 5.38. The minimum absolute atomic E-state index is 0.227. The standard InChI is InChI=1S/C26H28FN5O/c27-19-4-1-17(2-5-19)18-3-10-23-22(15-18)24-25(28-16-29-26(24)31-23)30-20-6-8-21(9-7-20)32-11-13-33-14-12-32/h1-5,10,15-16,20-21H,6-9,11-14H2,(H2,28,29,30,31). The van der Waals surface area contributed by atoms with Crippen LogP contribution in [0.15, 0.2) is 48.8 Å². The first-order chi connectivity index (χ1) is 16.2. The van der Waals surface area contributed by atoms with Crippen LogP contribution in [0.3, 0.4) is 0 Å². The van der Waals surface area contributed by atoms with Gasteiger partial charge >= 0.3 is 0 Å². The Kier molecular flexibility index (Phi) is 5.44. The summed E-state index contributed by atoms with van der Waals surface area (Å²) in [5.74, 6) is 0.660. The molecule has 0 radical (unpaired) electrons. The van der Waals surface area contributed by atoms with Crippen LogP contribution in [-0.4, -0.2) is 58.2 Å². The van der Waals surface area contributed by atoms with Gasteiger partial charge in [0.05, 0.1) is 18.6 Å². The SMILES string of the molecule is Fc1ccc(-c2ccc3[nH]c4ncnc(NC5CCC(N6CCOCC6)CC5)c4c3c2)cc1. The van der Waals surface area contributed by atoms with Crippen LogP contribution in [0.4, 0.5) is 10.2 Å². The second-order valence-corrected chi connectivity index (χ2v) is 9.14. The summed E-state index contributed by atoms with van der Waals surface area (Å²) in [7, 11) is 0. The minimum Gasteiger partial charge on any atom is -0.379 e. The summed E-state index contributed by atoms with van der Waals surface area (Å²) in [4.78, 5) is 15.1. The number of anilines is 1. The molecule has 0 bridgehead atoms. The van der Waals surface area contributed by atoms with Gasteiger partial charge in [0.25, 0.3) is 0 Å². The minimum atomic E-state index is -0.227. The molecule has 3 heterocycles. The summed E-state index contributed by atoms with van der Waals surface area (Å²) >= 11 is 0. The molecule has 1 aliphatic carbocycles. The van der Waals surface area contributed by atoms with Crippen molar-refractivity contribution in [1.82, 2.24) is 19.9 Å². The van der Waals surface area contributed by atoms with Gasteiger partial charge in [-0.3, -0.25) is 4.90 Å². The molecule has 170 valence electrons. The summed E-state index contributed by atoms with van der Waals surface area (Å²) in [5.41, 5.74) is 3.89. The number of aromatic amines is 1. The number of hydrogen-bond acceptors (Lipinski definition) is 5. The normalized spacial score (nSPS) is 22.1. The molecule has 4 aromatic rings. The first-order valence-electron chi connectivity index (χ1n) is 11.9. The Bertz CT molecular complexity index is 1260. The first kappa shape index (κ1) is 20.6. The molecule has 2 aliphatic rings. The number of benzene rings is 2. The number of aromatic nitrogens is 3. The van der Waals surface area contributed by atoms with Crippen LogP contribution in [0.1, 0.15) is 25.7 Å². The third-order valence-corrected chi connectivity index (χ3v) is 7.17. The largest absolute Gasteiger partial charge is 0.379 e. The maximum Gasteiger partial charge on any atom is 0.143 e. The summed E-state index contributed by atoms with van der Waals surface area (Å²) in [6, 6.07) is 14.0. The highest BCUT2D eigenvalue weighted by Gasteiger charge is 2.27. The number of ether oxygens (including phenoxy) is 1. The molecule has 1 aliphatic heterocycles. The van der Waals surface area contributed by atoms with Crippen LogP contribution in [0, 0.1) is 5.82 Å². The van der Waals surface area contributed by atoms with Gasteiger partial charge in [-0.1, -0.05) is 18.2 Å². The summed E-state index contributed by atoms with van der Waals surface area (Å²) in [5, 5.41) is 5.83. The fourth-order valence-electron chi connectivity index (χ4n) is 5.38. The predicted molar refractivity (Wildman–Crippen MR) is 129 cm³/mol. The van der Waals surface area contributed by atoms with Crippen LogP contribution in [-0.2, 0) is 4.74 Å². The highest BCUT2D eigenvalue weighted by Crippen LogP contribution is 2.34. The predicted octanol–water partition coefficient (Wildman–Crippen LogP) is 4.97. The lowest BCUT2D eigenvalue weighted by Gasteiger charge is -2.39. The molecule has 0 unspecified atom stereocenters. The van der Waals surface area contributed by atoms with Crippen molar-refractivity contribution in [2.75, 3.05) is 31.6 Å². The van der Waals surface area contributed by atoms with Crippen LogP contribution in [0.2, 0.25) is 0 Å². The van der Waals surface area contributed by atoms with Gasteiger partial charge in [-0.15, -0.1) is 0 Å². The molecule has 7 heteroatoms. The van der Waals surface area contributed by atoms with Crippen LogP contribution in [0.25, 0.3) is 33.1 Å². The van der Waals surface area contributed by atoms with Gasteiger partial charge in [-0.2, -0.15) is 0 Å². The zero-order valence-corrected chi connectivity index (χ0v) is 18.6. The number of H-pyrrole nitrogens is 1. The van der Waals surface area contributed by atoms with E-state index in [1.54, 1.807) is 6.33 Å². The van der Waals surface area contributed by atoms with E-state index in [2.05, 4.69) is 43.4 Å². The van der Waals surface area contributed by atoms with E-state index in [4.69, 9.17) is 4.74 Å². The van der Waals surface area contributed by atoms with E-state index in [1.807, 2.05) is 12.1 Å². The fraction of sp³-hybridized carbons (Fsp3) is 0.385. The Morgan fingerprint density at radius 1 is 0.939 bits per heavy atom. The molecule has 1 saturated heterocycles. The first-order valence-corrected chi connectivity index (χ1v) is 11.9. The number of rotatable bonds is 4. The summed E-state index contributed by atoms with van der Waals surface area (Å²) < 4.78 is 18.9. The van der Waals surface area contributed by atoms with Crippen molar-refractivity contribution in [3.05, 3.63) is 54.6 Å². The number of halogens is 1. The second-order valence-electron chi connectivity index (χ2n) is 9.14. The zero-order chi connectivity index (χ0) is 22.2. The van der Waals surface area contributed by atoms with E-state index >= 15 is 0 Å². The Balaban J connectivity index is 1.26. The molecule has 2 aromatic carbocycles. The van der Waals surface area contributed by atoms with Crippen molar-refractivity contribution in [2.45, 2.75) is 37.8 Å². The van der Waals surface area contributed by atoms with Crippen molar-refractivity contribution < 1.29 is 9.13 Å². The molecule has 0 atom stereocenters. The Hall–Kier alpha value is -3.03. The van der Waals surface area contributed by atoms with E-state index in [9.17, 15) is 4.39 Å². The highest BCUT2D eigenvalue weighted by molar-refractivity contribution is 6.12. The summed E-state index contributed by atoms with van der Waals surface area (Å²) in [6.45, 7) is 3.83. The van der Waals surface area contributed by atoms with E-state index in [0.717, 1.165) is 78.0 Å². The van der Waals surface area contributed by atoms with E-state index in [0.29, 0.717) is 12.1 Å². The molecule has 2 aromatic heterocycles. The Morgan fingerprint density at radius 3 is 2.48 bits per heavy atom. The molecule has 0 spiro atoms. The number of fused-ring (bicyclic) bond motifs is 3. The lowest BCUT2D eigenvalue weighted by molar-refractivity contribution is 0.00791. The zero-order valence-electron chi connectivity index (χ0n) is 18.6. The molecular formula is C26H28FN5O. The van der Waals surface area contributed by atoms with Crippen LogP contribution >= 0.6 is 0 Å². The smallest absolute Gasteiger partial charge is 0.143 e. The van der Waals surface area contributed by atoms with Crippen molar-refractivity contribution in [3.8, 4) is 11.1 Å². The van der Waals surface area contributed by atoms with Gasteiger partial charge < -0.3 is 15.0 Å². The number of nitrogens with one attached hydrogen (secondary N) is 2. The quantitative estimate of drug-likeness (QED) is 0.464. The monoisotopic (exact) mass is 445 g/mol. The second kappa shape index (κ2) is 8.72. The molecule has 33 heavy (non-hydrogen) atoms. The van der Waals surface area contributed by atoms with Gasteiger partial charge in [-0.25, -0.2) is 14.4 Å². The lowest BCUT2D eigenvalue weighted by Crippen LogP contribution is -2.46. The van der Waals surface area contributed by atoms with Gasteiger partial charge in [0.15, 0.2) is 0 Å². The topological polar surface area (TPSA) is 66.1 Å². The number of nitrogens with zero attached hydrogens (tertiary/aromatic N) is 3. The molecular weight excluding hydrogens is 417 g/mol. The summed E-state index contributed by atoms with van der Waals surface area (Å²) in [6.07, 6.45) is 6.30. The maximum absolute atomic E-state index is 13.4. The van der Waals surface area contributed by atoms with Gasteiger partial charge in [0.2, 0.25) is 0 Å². The third kappa shape index (κ3) is 4.07. The van der Waals surface area contributed by atoms with Crippen molar-refractivity contribution in [3.63, 3.8) is 0 Å². The van der Waals surface area contributed by atoms with Gasteiger partial charge in [-0.05, 0) is 61.1 Å². The van der Waals surface area contributed by atoms with E-state index in [1.165, 1.54) is 25.0 Å². The van der Waals surface area contributed by atoms with Crippen LogP contribution in [0.5, 0.6) is 0 Å². The van der Waals surface area contributed by atoms with Crippen molar-refractivity contribution in [2.24, 2.45) is 0 Å². The molecule has 6 nitrogen and oxygen atoms in total. The van der Waals surface area contributed by atoms with Crippen molar-refractivity contribution in [1.29, 1.82) is 0 Å². The van der Waals surface area contributed by atoms with E-state index in [-0.39, 0.29) is 5.82 Å². The van der Waals surface area contributed by atoms with Crippen LogP contribution < -0.4 is 5.32 Å². The molecule has 6 rings (SSSR count). The number of morpholine rings is 1. The van der Waals surface area contributed by atoms with Gasteiger partial charge in [0, 0.05) is 36.1 Å². The number of hydrogen-bond donors (Lipinski definition) is 2. The third-order valence-electron chi connectivity index (χ3n) is 7.17. The lowest BCUT2D eigenvalue weighted by atomic mass is 9.90. The average Bonchev–Trinajstić information content (AvgIpc) is 3.24. The van der Waals surface area contributed by atoms with E-state index < -0.39 is 0 Å². The average molecular weight is 446 g/mol.